The van der Waals surface area contributed by atoms with Crippen molar-refractivity contribution in [3.05, 3.63) is 35.4 Å². The molecule has 96 valence electrons. The Labute approximate surface area is 111 Å². The predicted octanol–water partition coefficient (Wildman–Crippen LogP) is 4.49. The van der Waals surface area contributed by atoms with E-state index in [0.29, 0.717) is 5.88 Å². The van der Waals surface area contributed by atoms with E-state index in [2.05, 4.69) is 36.5 Å². The van der Waals surface area contributed by atoms with Gasteiger partial charge in [-0.1, -0.05) is 56.9 Å². The van der Waals surface area contributed by atoms with Crippen LogP contribution in [0, 0.1) is 0 Å². The van der Waals surface area contributed by atoms with E-state index in [9.17, 15) is 0 Å². The molecule has 17 heavy (non-hydrogen) atoms. The van der Waals surface area contributed by atoms with Crippen LogP contribution in [0.4, 0.5) is 0 Å². The van der Waals surface area contributed by atoms with Gasteiger partial charge in [-0.25, -0.2) is 0 Å². The second kappa shape index (κ2) is 9.49. The smallest absolute Gasteiger partial charge is 0.0474 e. The molecule has 0 aromatic heterocycles. The Kier molecular flexibility index (Phi) is 8.12. The summed E-state index contributed by atoms with van der Waals surface area (Å²) in [6, 6.07) is 8.51. The SMILES string of the molecule is CCCCCCCNCc1ccc(CCl)cc1. The molecular weight excluding hydrogens is 230 g/mol. The number of unbranched alkanes of at least 4 members (excludes halogenated alkanes) is 4. The molecular formula is C15H24ClN. The summed E-state index contributed by atoms with van der Waals surface area (Å²) in [5.41, 5.74) is 2.53. The molecule has 0 heterocycles. The first kappa shape index (κ1) is 14.5. The molecule has 1 rings (SSSR count). The summed E-state index contributed by atoms with van der Waals surface area (Å²) < 4.78 is 0. The van der Waals surface area contributed by atoms with Crippen molar-refractivity contribution in [2.45, 2.75) is 51.5 Å². The van der Waals surface area contributed by atoms with Gasteiger partial charge in [0.25, 0.3) is 0 Å². The number of hydrogen-bond donors (Lipinski definition) is 1. The van der Waals surface area contributed by atoms with E-state index in [1.54, 1.807) is 0 Å². The lowest BCUT2D eigenvalue weighted by Crippen LogP contribution is -2.14. The summed E-state index contributed by atoms with van der Waals surface area (Å²) in [5.74, 6) is 0.602. The first-order valence-electron chi connectivity index (χ1n) is 6.71. The highest BCUT2D eigenvalue weighted by Crippen LogP contribution is 2.07. The average molecular weight is 254 g/mol. The monoisotopic (exact) mass is 253 g/mol. The lowest BCUT2D eigenvalue weighted by Gasteiger charge is -2.05. The zero-order valence-electron chi connectivity index (χ0n) is 10.8. The van der Waals surface area contributed by atoms with Crippen molar-refractivity contribution < 1.29 is 0 Å². The first-order chi connectivity index (χ1) is 8.36. The van der Waals surface area contributed by atoms with Crippen LogP contribution in [0.15, 0.2) is 24.3 Å². The molecule has 0 unspecified atom stereocenters. The summed E-state index contributed by atoms with van der Waals surface area (Å²) in [4.78, 5) is 0. The van der Waals surface area contributed by atoms with Crippen LogP contribution in [0.2, 0.25) is 0 Å². The molecule has 0 aliphatic carbocycles. The van der Waals surface area contributed by atoms with Gasteiger partial charge in [0.1, 0.15) is 0 Å². The summed E-state index contributed by atoms with van der Waals surface area (Å²) in [5, 5.41) is 3.48. The van der Waals surface area contributed by atoms with E-state index >= 15 is 0 Å². The molecule has 1 N–H and O–H groups in total. The van der Waals surface area contributed by atoms with Gasteiger partial charge in [-0.15, -0.1) is 11.6 Å². The average Bonchev–Trinajstić information content (AvgIpc) is 2.38. The van der Waals surface area contributed by atoms with Crippen molar-refractivity contribution in [1.82, 2.24) is 5.32 Å². The maximum atomic E-state index is 5.75. The van der Waals surface area contributed by atoms with E-state index in [-0.39, 0.29) is 0 Å². The van der Waals surface area contributed by atoms with Gasteiger partial charge < -0.3 is 5.32 Å². The second-order valence-electron chi connectivity index (χ2n) is 4.54. The molecule has 0 aliphatic rings. The lowest BCUT2D eigenvalue weighted by atomic mass is 10.1. The molecule has 0 aliphatic heterocycles. The van der Waals surface area contributed by atoms with Crippen molar-refractivity contribution in [2.24, 2.45) is 0 Å². The number of hydrogen-bond acceptors (Lipinski definition) is 1. The minimum atomic E-state index is 0.602. The van der Waals surface area contributed by atoms with E-state index in [0.717, 1.165) is 13.1 Å². The van der Waals surface area contributed by atoms with E-state index in [1.807, 2.05) is 0 Å². The summed E-state index contributed by atoms with van der Waals surface area (Å²) in [6.45, 7) is 4.35. The highest BCUT2D eigenvalue weighted by Gasteiger charge is 1.94. The third kappa shape index (κ3) is 6.70. The van der Waals surface area contributed by atoms with Crippen molar-refractivity contribution in [2.75, 3.05) is 6.54 Å². The van der Waals surface area contributed by atoms with Crippen molar-refractivity contribution in [3.8, 4) is 0 Å². The van der Waals surface area contributed by atoms with E-state index in [4.69, 9.17) is 11.6 Å². The van der Waals surface area contributed by atoms with Crippen molar-refractivity contribution >= 4 is 11.6 Å². The summed E-state index contributed by atoms with van der Waals surface area (Å²) in [6.07, 6.45) is 6.72. The molecule has 1 aromatic rings. The fourth-order valence-electron chi connectivity index (χ4n) is 1.83. The maximum absolute atomic E-state index is 5.75. The largest absolute Gasteiger partial charge is 0.313 e. The number of rotatable bonds is 9. The fourth-order valence-corrected chi connectivity index (χ4v) is 2.01. The Hall–Kier alpha value is -0.530. The molecule has 0 saturated heterocycles. The quantitative estimate of drug-likeness (QED) is 0.505. The molecule has 0 fully saturated rings. The zero-order chi connectivity index (χ0) is 12.3. The van der Waals surface area contributed by atoms with Gasteiger partial charge in [-0.05, 0) is 24.1 Å². The number of halogens is 1. The van der Waals surface area contributed by atoms with E-state index < -0.39 is 0 Å². The third-order valence-electron chi connectivity index (χ3n) is 2.96. The Morgan fingerprint density at radius 2 is 1.59 bits per heavy atom. The number of nitrogens with one attached hydrogen (secondary N) is 1. The molecule has 0 radical (unpaired) electrons. The molecule has 0 saturated carbocycles. The minimum absolute atomic E-state index is 0.602. The van der Waals surface area contributed by atoms with Crippen LogP contribution in [0.5, 0.6) is 0 Å². The molecule has 0 bridgehead atoms. The van der Waals surface area contributed by atoms with Crippen LogP contribution >= 0.6 is 11.6 Å². The highest BCUT2D eigenvalue weighted by atomic mass is 35.5. The predicted molar refractivity (Wildman–Crippen MR) is 76.5 cm³/mol. The van der Waals surface area contributed by atoms with Gasteiger partial charge in [0.15, 0.2) is 0 Å². The van der Waals surface area contributed by atoms with Crippen molar-refractivity contribution in [3.63, 3.8) is 0 Å². The first-order valence-corrected chi connectivity index (χ1v) is 7.24. The van der Waals surface area contributed by atoms with Gasteiger partial charge in [-0.2, -0.15) is 0 Å². The Morgan fingerprint density at radius 3 is 2.24 bits per heavy atom. The minimum Gasteiger partial charge on any atom is -0.313 e. The van der Waals surface area contributed by atoms with Crippen LogP contribution < -0.4 is 5.32 Å². The summed E-state index contributed by atoms with van der Waals surface area (Å²) in [7, 11) is 0. The fraction of sp³-hybridized carbons (Fsp3) is 0.600. The number of alkyl halides is 1. The molecule has 1 aromatic carbocycles. The Morgan fingerprint density at radius 1 is 0.941 bits per heavy atom. The Bertz CT molecular complexity index is 281. The van der Waals surface area contributed by atoms with Crippen LogP contribution in [-0.4, -0.2) is 6.54 Å². The van der Waals surface area contributed by atoms with Gasteiger partial charge in [0.05, 0.1) is 0 Å². The van der Waals surface area contributed by atoms with Crippen LogP contribution in [0.25, 0.3) is 0 Å². The Balaban J connectivity index is 2.05. The molecule has 0 amide bonds. The third-order valence-corrected chi connectivity index (χ3v) is 3.27. The zero-order valence-corrected chi connectivity index (χ0v) is 11.6. The van der Waals surface area contributed by atoms with Gasteiger partial charge in [0.2, 0.25) is 0 Å². The van der Waals surface area contributed by atoms with Gasteiger partial charge >= 0.3 is 0 Å². The second-order valence-corrected chi connectivity index (χ2v) is 4.81. The number of benzene rings is 1. The van der Waals surface area contributed by atoms with Gasteiger partial charge in [-0.3, -0.25) is 0 Å². The summed E-state index contributed by atoms with van der Waals surface area (Å²) >= 11 is 5.75. The van der Waals surface area contributed by atoms with E-state index in [1.165, 1.54) is 43.2 Å². The van der Waals surface area contributed by atoms with Crippen LogP contribution in [-0.2, 0) is 12.4 Å². The molecule has 0 atom stereocenters. The van der Waals surface area contributed by atoms with Crippen molar-refractivity contribution in [1.29, 1.82) is 0 Å². The normalized spacial score (nSPS) is 10.7. The molecule has 0 spiro atoms. The molecule has 2 heteroatoms. The standard InChI is InChI=1S/C15H24ClN/c1-2-3-4-5-6-11-17-13-15-9-7-14(12-16)8-10-15/h7-10,17H,2-6,11-13H2,1H3. The van der Waals surface area contributed by atoms with Crippen LogP contribution in [0.1, 0.15) is 50.2 Å². The molecule has 1 nitrogen and oxygen atoms in total. The highest BCUT2D eigenvalue weighted by molar-refractivity contribution is 6.17. The van der Waals surface area contributed by atoms with Crippen LogP contribution in [0.3, 0.4) is 0 Å². The lowest BCUT2D eigenvalue weighted by molar-refractivity contribution is 0.583. The maximum Gasteiger partial charge on any atom is 0.0474 e. The topological polar surface area (TPSA) is 12.0 Å². The van der Waals surface area contributed by atoms with Gasteiger partial charge in [0, 0.05) is 12.4 Å².